The van der Waals surface area contributed by atoms with Crippen LogP contribution in [0.4, 0.5) is 0 Å². The summed E-state index contributed by atoms with van der Waals surface area (Å²) in [5.41, 5.74) is 1.81. The number of rotatable bonds is 1. The van der Waals surface area contributed by atoms with Crippen molar-refractivity contribution in [2.45, 2.75) is 19.3 Å². The Morgan fingerprint density at radius 2 is 1.95 bits per heavy atom. The predicted molar refractivity (Wildman–Crippen MR) is 87.7 cm³/mol. The van der Waals surface area contributed by atoms with E-state index in [0.717, 1.165) is 23.1 Å². The molecule has 0 N–H and O–H groups in total. The zero-order chi connectivity index (χ0) is 14.6. The van der Waals surface area contributed by atoms with Gasteiger partial charge in [-0.15, -0.1) is 11.3 Å². The lowest BCUT2D eigenvalue weighted by Gasteiger charge is -2.04. The van der Waals surface area contributed by atoms with Gasteiger partial charge in [0.25, 0.3) is 0 Å². The molecule has 4 rings (SSSR count). The summed E-state index contributed by atoms with van der Waals surface area (Å²) < 4.78 is 0. The van der Waals surface area contributed by atoms with Crippen LogP contribution in [0.1, 0.15) is 16.9 Å². The minimum atomic E-state index is 0.419. The van der Waals surface area contributed by atoms with Gasteiger partial charge in [-0.2, -0.15) is 0 Å². The molecular weight excluding hydrogens is 349 g/mol. The zero-order valence-corrected chi connectivity index (χ0v) is 13.7. The summed E-state index contributed by atoms with van der Waals surface area (Å²) in [5.74, 6) is 0.439. The molecule has 0 bridgehead atoms. The van der Waals surface area contributed by atoms with E-state index in [4.69, 9.17) is 34.8 Å². The third-order valence-electron chi connectivity index (χ3n) is 3.54. The van der Waals surface area contributed by atoms with Gasteiger partial charge in [0.2, 0.25) is 0 Å². The number of fused-ring (bicyclic) bond motifs is 3. The van der Waals surface area contributed by atoms with Gasteiger partial charge in [-0.05, 0) is 30.9 Å². The van der Waals surface area contributed by atoms with Gasteiger partial charge in [-0.25, -0.2) is 15.0 Å². The molecule has 0 saturated carbocycles. The van der Waals surface area contributed by atoms with E-state index in [0.29, 0.717) is 26.7 Å². The fourth-order valence-corrected chi connectivity index (χ4v) is 4.70. The molecular formula is C14H8Cl3N3S. The Labute approximate surface area is 139 Å². The minimum absolute atomic E-state index is 0.419. The third-order valence-corrected chi connectivity index (χ3v) is 5.49. The molecule has 3 aromatic heterocycles. The van der Waals surface area contributed by atoms with Crippen LogP contribution >= 0.6 is 46.1 Å². The maximum atomic E-state index is 6.38. The lowest BCUT2D eigenvalue weighted by atomic mass is 10.2. The summed E-state index contributed by atoms with van der Waals surface area (Å²) in [6, 6.07) is 1.63. The van der Waals surface area contributed by atoms with Crippen molar-refractivity contribution >= 4 is 56.4 Å². The van der Waals surface area contributed by atoms with Crippen molar-refractivity contribution in [3.05, 3.63) is 37.9 Å². The van der Waals surface area contributed by atoms with E-state index in [-0.39, 0.29) is 0 Å². The highest BCUT2D eigenvalue weighted by molar-refractivity contribution is 7.19. The Morgan fingerprint density at radius 1 is 1.10 bits per heavy atom. The highest BCUT2D eigenvalue weighted by atomic mass is 35.5. The van der Waals surface area contributed by atoms with Crippen molar-refractivity contribution in [2.75, 3.05) is 0 Å². The molecule has 1 aliphatic rings. The number of thiophene rings is 1. The first-order valence-electron chi connectivity index (χ1n) is 6.42. The maximum absolute atomic E-state index is 6.38. The van der Waals surface area contributed by atoms with E-state index >= 15 is 0 Å². The topological polar surface area (TPSA) is 38.7 Å². The minimum Gasteiger partial charge on any atom is -0.250 e. The number of halogens is 3. The van der Waals surface area contributed by atoms with Gasteiger partial charge in [-0.3, -0.25) is 0 Å². The van der Waals surface area contributed by atoms with Gasteiger partial charge in [0.05, 0.1) is 15.4 Å². The van der Waals surface area contributed by atoms with Crippen LogP contribution in [-0.4, -0.2) is 15.0 Å². The van der Waals surface area contributed by atoms with Crippen LogP contribution in [0.25, 0.3) is 21.7 Å². The molecule has 0 saturated heterocycles. The molecule has 0 spiro atoms. The van der Waals surface area contributed by atoms with Gasteiger partial charge < -0.3 is 0 Å². The normalized spacial score (nSPS) is 13.9. The Morgan fingerprint density at radius 3 is 2.76 bits per heavy atom. The molecule has 3 nitrogen and oxygen atoms in total. The average Bonchev–Trinajstić information content (AvgIpc) is 2.98. The number of nitrogens with zero attached hydrogens (tertiary/aromatic N) is 3. The molecule has 7 heteroatoms. The predicted octanol–water partition coefficient (Wildman–Crippen LogP) is 5.20. The number of hydrogen-bond donors (Lipinski definition) is 0. The second-order valence-corrected chi connectivity index (χ2v) is 7.14. The zero-order valence-electron chi connectivity index (χ0n) is 10.7. The molecule has 3 heterocycles. The lowest BCUT2D eigenvalue weighted by Crippen LogP contribution is -1.94. The molecule has 1 aliphatic carbocycles. The number of aromatic nitrogens is 3. The first kappa shape index (κ1) is 13.7. The van der Waals surface area contributed by atoms with Crippen LogP contribution in [0.3, 0.4) is 0 Å². The molecule has 106 valence electrons. The van der Waals surface area contributed by atoms with E-state index in [9.17, 15) is 0 Å². The molecule has 0 radical (unpaired) electrons. The Kier molecular flexibility index (Phi) is 3.30. The van der Waals surface area contributed by atoms with Crippen LogP contribution in [0, 0.1) is 0 Å². The van der Waals surface area contributed by atoms with Gasteiger partial charge in [0, 0.05) is 11.1 Å². The lowest BCUT2D eigenvalue weighted by molar-refractivity contribution is 0.917. The highest BCUT2D eigenvalue weighted by Crippen LogP contribution is 2.40. The summed E-state index contributed by atoms with van der Waals surface area (Å²) >= 11 is 20.1. The Hall–Kier alpha value is -0.940. The quantitative estimate of drug-likeness (QED) is 0.562. The van der Waals surface area contributed by atoms with Crippen molar-refractivity contribution < 1.29 is 0 Å². The highest BCUT2D eigenvalue weighted by Gasteiger charge is 2.22. The van der Waals surface area contributed by atoms with E-state index in [1.54, 1.807) is 17.4 Å². The van der Waals surface area contributed by atoms with Crippen LogP contribution in [0.5, 0.6) is 0 Å². The largest absolute Gasteiger partial charge is 0.250 e. The summed E-state index contributed by atoms with van der Waals surface area (Å²) in [4.78, 5) is 15.5. The van der Waals surface area contributed by atoms with Gasteiger partial charge >= 0.3 is 0 Å². The SMILES string of the molecule is Clc1cnc(-c2nc(Cl)c3c4c(sc3n2)CCC4)c(Cl)c1. The van der Waals surface area contributed by atoms with Crippen LogP contribution in [0.15, 0.2) is 12.3 Å². The van der Waals surface area contributed by atoms with Crippen LogP contribution < -0.4 is 0 Å². The fraction of sp³-hybridized carbons (Fsp3) is 0.214. The summed E-state index contributed by atoms with van der Waals surface area (Å²) in [5, 5.41) is 2.36. The number of hydrogen-bond acceptors (Lipinski definition) is 4. The van der Waals surface area contributed by atoms with Gasteiger partial charge in [0.1, 0.15) is 15.7 Å². The summed E-state index contributed by atoms with van der Waals surface area (Å²) in [6.45, 7) is 0. The Bertz CT molecular complexity index is 876. The molecule has 0 aliphatic heterocycles. The molecule has 21 heavy (non-hydrogen) atoms. The smallest absolute Gasteiger partial charge is 0.182 e. The molecule has 0 amide bonds. The summed E-state index contributed by atoms with van der Waals surface area (Å²) in [6.07, 6.45) is 4.86. The number of pyridine rings is 1. The molecule has 3 aromatic rings. The van der Waals surface area contributed by atoms with Crippen molar-refractivity contribution in [2.24, 2.45) is 0 Å². The maximum Gasteiger partial charge on any atom is 0.182 e. The first-order valence-corrected chi connectivity index (χ1v) is 8.37. The van der Waals surface area contributed by atoms with Crippen molar-refractivity contribution in [1.29, 1.82) is 0 Å². The third kappa shape index (κ3) is 2.21. The van der Waals surface area contributed by atoms with Gasteiger partial charge in [-0.1, -0.05) is 34.8 Å². The second-order valence-electron chi connectivity index (χ2n) is 4.86. The second kappa shape index (κ2) is 5.06. The average molecular weight is 357 g/mol. The monoisotopic (exact) mass is 355 g/mol. The fourth-order valence-electron chi connectivity index (χ4n) is 2.64. The standard InChI is InChI=1S/C14H8Cl3N3S/c15-6-4-8(16)11(18-5-6)13-19-12(17)10-7-2-1-3-9(7)21-14(10)20-13/h4-5H,1-3H2. The Balaban J connectivity index is 1.95. The molecule has 0 aromatic carbocycles. The van der Waals surface area contributed by atoms with E-state index in [1.165, 1.54) is 23.1 Å². The van der Waals surface area contributed by atoms with Crippen molar-refractivity contribution in [3.63, 3.8) is 0 Å². The van der Waals surface area contributed by atoms with Crippen molar-refractivity contribution in [1.82, 2.24) is 15.0 Å². The van der Waals surface area contributed by atoms with Crippen LogP contribution in [-0.2, 0) is 12.8 Å². The van der Waals surface area contributed by atoms with Gasteiger partial charge in [0.15, 0.2) is 5.82 Å². The van der Waals surface area contributed by atoms with E-state index < -0.39 is 0 Å². The van der Waals surface area contributed by atoms with Crippen molar-refractivity contribution in [3.8, 4) is 11.5 Å². The van der Waals surface area contributed by atoms with E-state index in [1.807, 2.05) is 0 Å². The molecule has 0 fully saturated rings. The van der Waals surface area contributed by atoms with E-state index in [2.05, 4.69) is 15.0 Å². The molecule has 0 unspecified atom stereocenters. The molecule has 0 atom stereocenters. The van der Waals surface area contributed by atoms with Crippen LogP contribution in [0.2, 0.25) is 15.2 Å². The first-order chi connectivity index (χ1) is 10.1. The number of aryl methyl sites for hydroxylation is 2. The summed E-state index contributed by atoms with van der Waals surface area (Å²) in [7, 11) is 0.